The molecule has 0 fully saturated rings. The van der Waals surface area contributed by atoms with Crippen LogP contribution in [-0.2, 0) is 0 Å². The molecule has 2 radical (unpaired) electrons. The number of aromatic amines is 1. The van der Waals surface area contributed by atoms with Crippen molar-refractivity contribution in [2.24, 2.45) is 0 Å². The van der Waals surface area contributed by atoms with Crippen LogP contribution in [0.1, 0.15) is 0 Å². The minimum atomic E-state index is -0.295. The van der Waals surface area contributed by atoms with E-state index in [2.05, 4.69) is 15.2 Å². The van der Waals surface area contributed by atoms with Crippen LogP contribution in [-0.4, -0.2) is 23.0 Å². The standard InChI is InChI=1S/C18H11BFN3/c19-12-7-5-11(6-8-12)17-18-16(22-23-17)10-9-15(21-18)13-3-1-2-4-14(13)20/h1-10H,(H,22,23). The van der Waals surface area contributed by atoms with E-state index in [1.165, 1.54) is 6.07 Å². The summed E-state index contributed by atoms with van der Waals surface area (Å²) in [5.74, 6) is -0.295. The number of fused-ring (bicyclic) bond motifs is 1. The summed E-state index contributed by atoms with van der Waals surface area (Å²) in [6, 6.07) is 17.7. The van der Waals surface area contributed by atoms with Crippen molar-refractivity contribution in [3.8, 4) is 22.5 Å². The molecule has 0 aliphatic carbocycles. The molecule has 0 spiro atoms. The topological polar surface area (TPSA) is 41.6 Å². The van der Waals surface area contributed by atoms with Crippen LogP contribution in [0.25, 0.3) is 33.5 Å². The van der Waals surface area contributed by atoms with Crippen molar-refractivity contribution in [3.05, 3.63) is 66.5 Å². The van der Waals surface area contributed by atoms with Crippen LogP contribution in [0.2, 0.25) is 0 Å². The van der Waals surface area contributed by atoms with E-state index in [1.807, 2.05) is 30.3 Å². The fraction of sp³-hybridized carbons (Fsp3) is 0. The lowest BCUT2D eigenvalue weighted by Crippen LogP contribution is -1.99. The van der Waals surface area contributed by atoms with Gasteiger partial charge in [0.25, 0.3) is 0 Å². The lowest BCUT2D eigenvalue weighted by molar-refractivity contribution is 0.631. The maximum absolute atomic E-state index is 14.0. The van der Waals surface area contributed by atoms with E-state index >= 15 is 0 Å². The van der Waals surface area contributed by atoms with Gasteiger partial charge in [0.2, 0.25) is 0 Å². The number of pyridine rings is 1. The van der Waals surface area contributed by atoms with Gasteiger partial charge >= 0.3 is 0 Å². The molecule has 0 aliphatic rings. The predicted molar refractivity (Wildman–Crippen MR) is 90.1 cm³/mol. The van der Waals surface area contributed by atoms with Crippen LogP contribution in [0.4, 0.5) is 4.39 Å². The summed E-state index contributed by atoms with van der Waals surface area (Å²) in [5, 5.41) is 7.29. The van der Waals surface area contributed by atoms with Crippen molar-refractivity contribution in [1.29, 1.82) is 0 Å². The Morgan fingerprint density at radius 1 is 0.913 bits per heavy atom. The fourth-order valence-corrected chi connectivity index (χ4v) is 2.56. The lowest BCUT2D eigenvalue weighted by atomic mass is 9.94. The predicted octanol–water partition coefficient (Wildman–Crippen LogP) is 3.22. The normalized spacial score (nSPS) is 11.0. The molecule has 0 saturated heterocycles. The summed E-state index contributed by atoms with van der Waals surface area (Å²) in [7, 11) is 5.72. The third-order valence-corrected chi connectivity index (χ3v) is 3.74. The van der Waals surface area contributed by atoms with E-state index in [1.54, 1.807) is 24.3 Å². The third kappa shape index (κ3) is 2.40. The Hall–Kier alpha value is -2.95. The Morgan fingerprint density at radius 2 is 1.70 bits per heavy atom. The number of aromatic nitrogens is 3. The number of benzene rings is 2. The van der Waals surface area contributed by atoms with Crippen LogP contribution in [0.3, 0.4) is 0 Å². The number of nitrogens with zero attached hydrogens (tertiary/aromatic N) is 2. The van der Waals surface area contributed by atoms with Gasteiger partial charge in [0.1, 0.15) is 24.9 Å². The molecule has 23 heavy (non-hydrogen) atoms. The Labute approximate surface area is 133 Å². The number of hydrogen-bond acceptors (Lipinski definition) is 2. The Kier molecular flexibility index (Phi) is 3.19. The van der Waals surface area contributed by atoms with Gasteiger partial charge in [-0.15, -0.1) is 0 Å². The first-order valence-corrected chi connectivity index (χ1v) is 7.18. The van der Waals surface area contributed by atoms with E-state index < -0.39 is 0 Å². The fourth-order valence-electron chi connectivity index (χ4n) is 2.56. The van der Waals surface area contributed by atoms with Crippen molar-refractivity contribution >= 4 is 24.3 Å². The van der Waals surface area contributed by atoms with Gasteiger partial charge in [0.05, 0.1) is 11.2 Å². The molecule has 4 aromatic rings. The van der Waals surface area contributed by atoms with E-state index in [4.69, 9.17) is 7.85 Å². The van der Waals surface area contributed by atoms with Crippen LogP contribution in [0, 0.1) is 5.82 Å². The van der Waals surface area contributed by atoms with Gasteiger partial charge in [-0.05, 0) is 24.3 Å². The van der Waals surface area contributed by atoms with E-state index in [0.717, 1.165) is 16.8 Å². The Bertz CT molecular complexity index is 993. The second-order valence-corrected chi connectivity index (χ2v) is 5.27. The summed E-state index contributed by atoms with van der Waals surface area (Å²) in [5.41, 5.74) is 4.87. The molecule has 108 valence electrons. The summed E-state index contributed by atoms with van der Waals surface area (Å²) in [6.07, 6.45) is 0. The molecule has 2 aromatic carbocycles. The highest BCUT2D eigenvalue weighted by Crippen LogP contribution is 2.28. The van der Waals surface area contributed by atoms with Gasteiger partial charge in [-0.25, -0.2) is 9.37 Å². The quantitative estimate of drug-likeness (QED) is 0.577. The average Bonchev–Trinajstić information content (AvgIpc) is 2.99. The van der Waals surface area contributed by atoms with Gasteiger partial charge in [-0.1, -0.05) is 41.9 Å². The van der Waals surface area contributed by atoms with Crippen molar-refractivity contribution in [2.75, 3.05) is 0 Å². The largest absolute Gasteiger partial charge is 0.276 e. The van der Waals surface area contributed by atoms with E-state index in [0.29, 0.717) is 22.2 Å². The van der Waals surface area contributed by atoms with Gasteiger partial charge in [-0.2, -0.15) is 5.10 Å². The Balaban J connectivity index is 1.90. The highest BCUT2D eigenvalue weighted by atomic mass is 19.1. The van der Waals surface area contributed by atoms with Crippen LogP contribution in [0.5, 0.6) is 0 Å². The molecule has 0 aliphatic heterocycles. The minimum absolute atomic E-state index is 0.295. The first kappa shape index (κ1) is 13.7. The van der Waals surface area contributed by atoms with Crippen molar-refractivity contribution in [3.63, 3.8) is 0 Å². The highest BCUT2D eigenvalue weighted by Gasteiger charge is 2.12. The lowest BCUT2D eigenvalue weighted by Gasteiger charge is -2.03. The monoisotopic (exact) mass is 299 g/mol. The zero-order chi connectivity index (χ0) is 15.8. The SMILES string of the molecule is [B]c1ccc(-c2n[nH]c3ccc(-c4ccccc4F)nc23)cc1. The van der Waals surface area contributed by atoms with Crippen LogP contribution in [0.15, 0.2) is 60.7 Å². The molecular weight excluding hydrogens is 288 g/mol. The molecule has 0 amide bonds. The smallest absolute Gasteiger partial charge is 0.132 e. The van der Waals surface area contributed by atoms with Crippen molar-refractivity contribution in [1.82, 2.24) is 15.2 Å². The summed E-state index contributed by atoms with van der Waals surface area (Å²) in [6.45, 7) is 0. The molecule has 1 N–H and O–H groups in total. The average molecular weight is 299 g/mol. The Morgan fingerprint density at radius 3 is 2.48 bits per heavy atom. The van der Waals surface area contributed by atoms with Crippen molar-refractivity contribution < 1.29 is 4.39 Å². The second-order valence-electron chi connectivity index (χ2n) is 5.27. The van der Waals surface area contributed by atoms with Crippen molar-refractivity contribution in [2.45, 2.75) is 0 Å². The minimum Gasteiger partial charge on any atom is -0.276 e. The highest BCUT2D eigenvalue weighted by molar-refractivity contribution is 6.32. The maximum atomic E-state index is 14.0. The zero-order valence-corrected chi connectivity index (χ0v) is 12.1. The maximum Gasteiger partial charge on any atom is 0.132 e. The van der Waals surface area contributed by atoms with Gasteiger partial charge in [-0.3, -0.25) is 5.10 Å². The molecule has 0 saturated carbocycles. The molecule has 5 heteroatoms. The number of H-pyrrole nitrogens is 1. The summed E-state index contributed by atoms with van der Waals surface area (Å²) < 4.78 is 14.0. The molecule has 0 atom stereocenters. The summed E-state index contributed by atoms with van der Waals surface area (Å²) in [4.78, 5) is 4.60. The summed E-state index contributed by atoms with van der Waals surface area (Å²) >= 11 is 0. The zero-order valence-electron chi connectivity index (χ0n) is 12.1. The number of halogens is 1. The molecule has 2 heterocycles. The molecule has 4 rings (SSSR count). The van der Waals surface area contributed by atoms with E-state index in [-0.39, 0.29) is 5.82 Å². The number of nitrogens with one attached hydrogen (secondary N) is 1. The number of rotatable bonds is 2. The first-order valence-electron chi connectivity index (χ1n) is 7.18. The molecule has 3 nitrogen and oxygen atoms in total. The van der Waals surface area contributed by atoms with Crippen LogP contribution >= 0.6 is 0 Å². The van der Waals surface area contributed by atoms with Gasteiger partial charge < -0.3 is 0 Å². The van der Waals surface area contributed by atoms with Gasteiger partial charge in [0.15, 0.2) is 0 Å². The molecule has 0 bridgehead atoms. The molecular formula is C18H11BFN3. The second kappa shape index (κ2) is 5.36. The van der Waals surface area contributed by atoms with E-state index in [9.17, 15) is 4.39 Å². The van der Waals surface area contributed by atoms with Crippen LogP contribution < -0.4 is 5.46 Å². The molecule has 0 unspecified atom stereocenters. The van der Waals surface area contributed by atoms with Gasteiger partial charge in [0, 0.05) is 11.1 Å². The number of hydrogen-bond donors (Lipinski definition) is 1. The third-order valence-electron chi connectivity index (χ3n) is 3.74. The first-order chi connectivity index (χ1) is 11.2. The molecule has 2 aromatic heterocycles.